The molecule has 0 aromatic rings. The molecule has 2 unspecified atom stereocenters. The zero-order valence-electron chi connectivity index (χ0n) is 9.87. The lowest BCUT2D eigenvalue weighted by Gasteiger charge is -2.38. The maximum absolute atomic E-state index is 11.6. The molecule has 1 amide bonds. The minimum Gasteiger partial charge on any atom is -0.339 e. The minimum absolute atomic E-state index is 0.0699. The first-order chi connectivity index (χ1) is 7.06. The van der Waals surface area contributed by atoms with Crippen LogP contribution in [-0.2, 0) is 4.79 Å². The van der Waals surface area contributed by atoms with Gasteiger partial charge >= 0.3 is 0 Å². The van der Waals surface area contributed by atoms with Crippen LogP contribution in [0.15, 0.2) is 0 Å². The summed E-state index contributed by atoms with van der Waals surface area (Å²) in [6, 6.07) is 0.621. The largest absolute Gasteiger partial charge is 0.339 e. The van der Waals surface area contributed by atoms with Gasteiger partial charge in [-0.15, -0.1) is 11.6 Å². The molecular formula is C11H21ClN2O. The van der Waals surface area contributed by atoms with Crippen LogP contribution in [0.5, 0.6) is 0 Å². The van der Waals surface area contributed by atoms with Crippen LogP contribution in [-0.4, -0.2) is 53.3 Å². The van der Waals surface area contributed by atoms with Gasteiger partial charge in [0.25, 0.3) is 0 Å². The van der Waals surface area contributed by atoms with E-state index < -0.39 is 0 Å². The van der Waals surface area contributed by atoms with E-state index >= 15 is 0 Å². The smallest absolute Gasteiger partial charge is 0.240 e. The summed E-state index contributed by atoms with van der Waals surface area (Å²) in [5, 5.41) is -0.389. The molecule has 0 aromatic heterocycles. The summed E-state index contributed by atoms with van der Waals surface area (Å²) in [6.45, 7) is 9.77. The van der Waals surface area contributed by atoms with Gasteiger partial charge in [0.05, 0.1) is 0 Å². The number of carbonyl (C=O) groups is 1. The van der Waals surface area contributed by atoms with Crippen LogP contribution in [0.4, 0.5) is 0 Å². The molecule has 88 valence electrons. The van der Waals surface area contributed by atoms with E-state index in [2.05, 4.69) is 18.7 Å². The van der Waals surface area contributed by atoms with Gasteiger partial charge in [-0.2, -0.15) is 0 Å². The van der Waals surface area contributed by atoms with Crippen molar-refractivity contribution < 1.29 is 4.79 Å². The highest BCUT2D eigenvalue weighted by Gasteiger charge is 2.25. The van der Waals surface area contributed by atoms with Crippen LogP contribution >= 0.6 is 11.6 Å². The Morgan fingerprint density at radius 2 is 1.80 bits per heavy atom. The normalized spacial score (nSPS) is 22.5. The van der Waals surface area contributed by atoms with E-state index in [1.165, 1.54) is 6.42 Å². The lowest BCUT2D eigenvalue weighted by Crippen LogP contribution is -2.52. The van der Waals surface area contributed by atoms with Gasteiger partial charge in [0, 0.05) is 32.2 Å². The van der Waals surface area contributed by atoms with Crippen LogP contribution in [0.1, 0.15) is 27.2 Å². The molecular weight excluding hydrogens is 212 g/mol. The van der Waals surface area contributed by atoms with Crippen molar-refractivity contribution in [3.05, 3.63) is 0 Å². The molecule has 0 spiro atoms. The van der Waals surface area contributed by atoms with E-state index in [4.69, 9.17) is 11.6 Å². The number of alkyl halides is 1. The molecule has 0 saturated carbocycles. The number of nitrogens with zero attached hydrogens (tertiary/aromatic N) is 2. The van der Waals surface area contributed by atoms with E-state index in [1.54, 1.807) is 6.92 Å². The monoisotopic (exact) mass is 232 g/mol. The van der Waals surface area contributed by atoms with Gasteiger partial charge in [0.15, 0.2) is 0 Å². The number of amides is 1. The van der Waals surface area contributed by atoms with E-state index in [-0.39, 0.29) is 11.3 Å². The standard InChI is InChI=1S/C11H21ClN2O/c1-4-9(2)13-5-7-14(8-6-13)11(15)10(3)12/h9-10H,4-8H2,1-3H3. The molecule has 1 aliphatic rings. The molecule has 1 aliphatic heterocycles. The number of hydrogen-bond donors (Lipinski definition) is 0. The second-order valence-electron chi connectivity index (χ2n) is 4.23. The van der Waals surface area contributed by atoms with Gasteiger partial charge in [0.2, 0.25) is 5.91 Å². The van der Waals surface area contributed by atoms with Crippen molar-refractivity contribution in [3.8, 4) is 0 Å². The summed E-state index contributed by atoms with van der Waals surface area (Å²) in [4.78, 5) is 15.9. The third-order valence-corrected chi connectivity index (χ3v) is 3.37. The Bertz CT molecular complexity index is 213. The fourth-order valence-electron chi connectivity index (χ4n) is 1.89. The molecule has 1 saturated heterocycles. The highest BCUT2D eigenvalue weighted by Crippen LogP contribution is 2.10. The summed E-state index contributed by atoms with van der Waals surface area (Å²) >= 11 is 5.78. The molecule has 0 aliphatic carbocycles. The van der Waals surface area contributed by atoms with E-state index in [9.17, 15) is 4.79 Å². The minimum atomic E-state index is -0.389. The van der Waals surface area contributed by atoms with Crippen molar-refractivity contribution >= 4 is 17.5 Å². The molecule has 1 fully saturated rings. The first-order valence-corrected chi connectivity index (χ1v) is 6.16. The van der Waals surface area contributed by atoms with Crippen LogP contribution in [0.3, 0.4) is 0 Å². The Morgan fingerprint density at radius 3 is 2.20 bits per heavy atom. The molecule has 1 heterocycles. The molecule has 2 atom stereocenters. The predicted molar refractivity (Wildman–Crippen MR) is 63.2 cm³/mol. The molecule has 3 nitrogen and oxygen atoms in total. The molecule has 15 heavy (non-hydrogen) atoms. The van der Waals surface area contributed by atoms with E-state index in [0.717, 1.165) is 26.2 Å². The molecule has 0 bridgehead atoms. The maximum atomic E-state index is 11.6. The molecule has 0 radical (unpaired) electrons. The average Bonchev–Trinajstić information content (AvgIpc) is 2.27. The van der Waals surface area contributed by atoms with Crippen molar-refractivity contribution in [1.29, 1.82) is 0 Å². The number of halogens is 1. The lowest BCUT2D eigenvalue weighted by molar-refractivity contribution is -0.132. The van der Waals surface area contributed by atoms with Crippen molar-refractivity contribution in [1.82, 2.24) is 9.80 Å². The third kappa shape index (κ3) is 3.35. The van der Waals surface area contributed by atoms with Gasteiger partial charge in [-0.3, -0.25) is 9.69 Å². The molecule has 1 rings (SSSR count). The Labute approximate surface area is 97.4 Å². The number of piperazine rings is 1. The van der Waals surface area contributed by atoms with Crippen molar-refractivity contribution in [2.75, 3.05) is 26.2 Å². The third-order valence-electron chi connectivity index (χ3n) is 3.18. The van der Waals surface area contributed by atoms with Crippen molar-refractivity contribution in [2.45, 2.75) is 38.6 Å². The van der Waals surface area contributed by atoms with Crippen molar-refractivity contribution in [2.24, 2.45) is 0 Å². The zero-order valence-corrected chi connectivity index (χ0v) is 10.6. The van der Waals surface area contributed by atoms with Crippen LogP contribution in [0.25, 0.3) is 0 Å². The van der Waals surface area contributed by atoms with Crippen LogP contribution < -0.4 is 0 Å². The van der Waals surface area contributed by atoms with Crippen LogP contribution in [0.2, 0.25) is 0 Å². The summed E-state index contributed by atoms with van der Waals surface area (Å²) in [5.41, 5.74) is 0. The SMILES string of the molecule is CCC(C)N1CCN(C(=O)C(C)Cl)CC1. The van der Waals surface area contributed by atoms with Gasteiger partial charge in [0.1, 0.15) is 5.38 Å². The molecule has 0 aromatic carbocycles. The first-order valence-electron chi connectivity index (χ1n) is 5.73. The number of rotatable bonds is 3. The Kier molecular flexibility index (Phi) is 4.87. The summed E-state index contributed by atoms with van der Waals surface area (Å²) < 4.78 is 0. The first kappa shape index (κ1) is 12.8. The zero-order chi connectivity index (χ0) is 11.4. The number of hydrogen-bond acceptors (Lipinski definition) is 2. The highest BCUT2D eigenvalue weighted by molar-refractivity contribution is 6.30. The quantitative estimate of drug-likeness (QED) is 0.690. The Hall–Kier alpha value is -0.280. The van der Waals surface area contributed by atoms with Gasteiger partial charge < -0.3 is 4.90 Å². The van der Waals surface area contributed by atoms with E-state index in [0.29, 0.717) is 6.04 Å². The molecule has 4 heteroatoms. The van der Waals surface area contributed by atoms with Gasteiger partial charge in [-0.05, 0) is 20.3 Å². The average molecular weight is 233 g/mol. The number of carbonyl (C=O) groups excluding carboxylic acids is 1. The second kappa shape index (κ2) is 5.71. The van der Waals surface area contributed by atoms with Crippen molar-refractivity contribution in [3.63, 3.8) is 0 Å². The van der Waals surface area contributed by atoms with Gasteiger partial charge in [-0.1, -0.05) is 6.92 Å². The van der Waals surface area contributed by atoms with Gasteiger partial charge in [-0.25, -0.2) is 0 Å². The topological polar surface area (TPSA) is 23.6 Å². The predicted octanol–water partition coefficient (Wildman–Crippen LogP) is 1.56. The lowest BCUT2D eigenvalue weighted by atomic mass is 10.2. The summed E-state index contributed by atoms with van der Waals surface area (Å²) in [7, 11) is 0. The Morgan fingerprint density at radius 1 is 1.27 bits per heavy atom. The highest BCUT2D eigenvalue weighted by atomic mass is 35.5. The molecule has 0 N–H and O–H groups in total. The summed E-state index contributed by atoms with van der Waals surface area (Å²) in [6.07, 6.45) is 1.17. The Balaban J connectivity index is 2.39. The van der Waals surface area contributed by atoms with Crippen LogP contribution in [0, 0.1) is 0 Å². The fourth-order valence-corrected chi connectivity index (χ4v) is 2.03. The maximum Gasteiger partial charge on any atom is 0.240 e. The summed E-state index contributed by atoms with van der Waals surface area (Å²) in [5.74, 6) is 0.0699. The fraction of sp³-hybridized carbons (Fsp3) is 0.909. The second-order valence-corrected chi connectivity index (χ2v) is 4.89. The van der Waals surface area contributed by atoms with E-state index in [1.807, 2.05) is 4.90 Å².